The molecule has 152 valence electrons. The summed E-state index contributed by atoms with van der Waals surface area (Å²) in [5.74, 6) is -1.38. The molecule has 1 heterocycles. The third-order valence-electron chi connectivity index (χ3n) is 5.53. The molecule has 7 heteroatoms. The van der Waals surface area contributed by atoms with Gasteiger partial charge in [-0.25, -0.2) is 0 Å². The maximum Gasteiger partial charge on any atom is 0.406 e. The van der Waals surface area contributed by atoms with Gasteiger partial charge in [0.25, 0.3) is 5.91 Å². The van der Waals surface area contributed by atoms with E-state index in [2.05, 4.69) is 0 Å². The topological polar surface area (TPSA) is 46.6 Å². The number of halogens is 3. The van der Waals surface area contributed by atoms with E-state index in [0.717, 1.165) is 16.0 Å². The Bertz CT molecular complexity index is 942. The number of fused-ring (bicyclic) bond motifs is 1. The van der Waals surface area contributed by atoms with Crippen LogP contribution in [0.1, 0.15) is 45.8 Å². The number of ether oxygens (including phenoxy) is 1. The van der Waals surface area contributed by atoms with Crippen LogP contribution < -0.4 is 0 Å². The fraction of sp³-hybridized carbons (Fsp3) is 0.364. The van der Waals surface area contributed by atoms with Crippen LogP contribution in [0, 0.1) is 5.92 Å². The van der Waals surface area contributed by atoms with Crippen LogP contribution in [-0.2, 0) is 16.1 Å². The number of carbonyl (C=O) groups excluding carboxylic acids is 2. The first-order valence-electron chi connectivity index (χ1n) is 9.50. The van der Waals surface area contributed by atoms with Crippen molar-refractivity contribution in [2.45, 2.75) is 31.5 Å². The number of amides is 1. The van der Waals surface area contributed by atoms with E-state index in [9.17, 15) is 22.8 Å². The molecule has 0 bridgehead atoms. The lowest BCUT2D eigenvalue weighted by molar-refractivity contribution is -0.145. The number of alkyl halides is 3. The molecule has 0 N–H and O–H groups in total. The van der Waals surface area contributed by atoms with Crippen molar-refractivity contribution in [3.8, 4) is 0 Å². The SMILES string of the molecule is CCOC(=O)C1C(c2ccccc2)C1c1ccc2c(c1)CN(CC(F)(F)F)C2=O. The second-order valence-corrected chi connectivity index (χ2v) is 7.43. The normalized spacial score (nSPS) is 23.1. The number of nitrogens with zero attached hydrogens (tertiary/aromatic N) is 1. The van der Waals surface area contributed by atoms with Crippen LogP contribution in [-0.4, -0.2) is 36.1 Å². The molecule has 2 aliphatic rings. The minimum Gasteiger partial charge on any atom is -0.466 e. The molecule has 29 heavy (non-hydrogen) atoms. The summed E-state index contributed by atoms with van der Waals surface area (Å²) in [6.07, 6.45) is -4.44. The quantitative estimate of drug-likeness (QED) is 0.701. The Morgan fingerprint density at radius 1 is 1.10 bits per heavy atom. The van der Waals surface area contributed by atoms with Crippen LogP contribution in [0.3, 0.4) is 0 Å². The Balaban J connectivity index is 1.61. The Morgan fingerprint density at radius 3 is 2.45 bits per heavy atom. The van der Waals surface area contributed by atoms with Gasteiger partial charge >= 0.3 is 12.1 Å². The first-order chi connectivity index (χ1) is 13.8. The van der Waals surface area contributed by atoms with Crippen LogP contribution >= 0.6 is 0 Å². The smallest absolute Gasteiger partial charge is 0.406 e. The second-order valence-electron chi connectivity index (χ2n) is 7.43. The Labute approximate surface area is 166 Å². The molecule has 1 saturated carbocycles. The molecule has 2 aromatic carbocycles. The van der Waals surface area contributed by atoms with Crippen molar-refractivity contribution in [2.75, 3.05) is 13.2 Å². The zero-order chi connectivity index (χ0) is 20.8. The van der Waals surface area contributed by atoms with E-state index in [4.69, 9.17) is 4.74 Å². The van der Waals surface area contributed by atoms with Gasteiger partial charge in [-0.15, -0.1) is 0 Å². The fourth-order valence-electron chi connectivity index (χ4n) is 4.30. The zero-order valence-corrected chi connectivity index (χ0v) is 15.8. The molecule has 0 saturated heterocycles. The Morgan fingerprint density at radius 2 is 1.79 bits per heavy atom. The van der Waals surface area contributed by atoms with E-state index in [1.165, 1.54) is 0 Å². The molecular formula is C22H20F3NO3. The van der Waals surface area contributed by atoms with Crippen molar-refractivity contribution in [2.24, 2.45) is 5.92 Å². The largest absolute Gasteiger partial charge is 0.466 e. The lowest BCUT2D eigenvalue weighted by Crippen LogP contribution is -2.34. The molecule has 2 aromatic rings. The predicted molar refractivity (Wildman–Crippen MR) is 99.3 cm³/mol. The van der Waals surface area contributed by atoms with Crippen molar-refractivity contribution in [3.05, 3.63) is 70.8 Å². The molecule has 0 radical (unpaired) electrons. The average molecular weight is 403 g/mol. The van der Waals surface area contributed by atoms with Crippen molar-refractivity contribution in [3.63, 3.8) is 0 Å². The highest BCUT2D eigenvalue weighted by Gasteiger charge is 2.57. The predicted octanol–water partition coefficient (Wildman–Crippen LogP) is 4.27. The number of hydrogen-bond donors (Lipinski definition) is 0. The van der Waals surface area contributed by atoms with Gasteiger partial charge in [-0.05, 0) is 29.7 Å². The number of esters is 1. The highest BCUT2D eigenvalue weighted by Crippen LogP contribution is 2.61. The van der Waals surface area contributed by atoms with Gasteiger partial charge in [0.05, 0.1) is 12.5 Å². The van der Waals surface area contributed by atoms with Crippen LogP contribution in [0.15, 0.2) is 48.5 Å². The summed E-state index contributed by atoms with van der Waals surface area (Å²) >= 11 is 0. The lowest BCUT2D eigenvalue weighted by atomic mass is 10.0. The molecule has 1 amide bonds. The summed E-state index contributed by atoms with van der Waals surface area (Å²) in [5, 5.41) is 0. The van der Waals surface area contributed by atoms with Crippen LogP contribution in [0.2, 0.25) is 0 Å². The molecule has 1 aliphatic carbocycles. The summed E-state index contributed by atoms with van der Waals surface area (Å²) in [5.41, 5.74) is 2.73. The first-order valence-corrected chi connectivity index (χ1v) is 9.50. The number of rotatable bonds is 5. The van der Waals surface area contributed by atoms with Crippen LogP contribution in [0.4, 0.5) is 13.2 Å². The van der Waals surface area contributed by atoms with Gasteiger partial charge in [0, 0.05) is 23.9 Å². The zero-order valence-electron chi connectivity index (χ0n) is 15.8. The lowest BCUT2D eigenvalue weighted by Gasteiger charge is -2.17. The maximum absolute atomic E-state index is 12.7. The van der Waals surface area contributed by atoms with E-state index in [1.54, 1.807) is 25.1 Å². The van der Waals surface area contributed by atoms with Crippen LogP contribution in [0.5, 0.6) is 0 Å². The minimum absolute atomic E-state index is 0.0447. The van der Waals surface area contributed by atoms with E-state index in [0.29, 0.717) is 11.1 Å². The van der Waals surface area contributed by atoms with Gasteiger partial charge in [0.15, 0.2) is 0 Å². The van der Waals surface area contributed by atoms with Crippen molar-refractivity contribution >= 4 is 11.9 Å². The summed E-state index contributed by atoms with van der Waals surface area (Å²) in [6, 6.07) is 14.7. The molecule has 3 unspecified atom stereocenters. The summed E-state index contributed by atoms with van der Waals surface area (Å²) in [6.45, 7) is 0.698. The summed E-state index contributed by atoms with van der Waals surface area (Å²) < 4.78 is 43.4. The molecular weight excluding hydrogens is 383 g/mol. The molecule has 1 aliphatic heterocycles. The first kappa shape index (κ1) is 19.5. The number of carbonyl (C=O) groups is 2. The van der Waals surface area contributed by atoms with Gasteiger partial charge in [-0.1, -0.05) is 42.5 Å². The molecule has 0 spiro atoms. The highest BCUT2D eigenvalue weighted by molar-refractivity contribution is 5.98. The maximum atomic E-state index is 12.7. The Hall–Kier alpha value is -2.83. The van der Waals surface area contributed by atoms with Gasteiger partial charge in [0.1, 0.15) is 6.54 Å². The third kappa shape index (κ3) is 3.73. The molecule has 3 atom stereocenters. The van der Waals surface area contributed by atoms with Gasteiger partial charge in [-0.3, -0.25) is 9.59 Å². The second kappa shape index (κ2) is 7.21. The van der Waals surface area contributed by atoms with E-state index < -0.39 is 18.6 Å². The molecule has 0 aromatic heterocycles. The number of hydrogen-bond acceptors (Lipinski definition) is 3. The highest BCUT2D eigenvalue weighted by atomic mass is 19.4. The average Bonchev–Trinajstić information content (AvgIpc) is 3.35. The van der Waals surface area contributed by atoms with Gasteiger partial charge in [-0.2, -0.15) is 13.2 Å². The standard InChI is InChI=1S/C22H20F3NO3/c1-2-29-21(28)19-17(13-6-4-3-5-7-13)18(19)14-8-9-16-15(10-14)11-26(20(16)27)12-22(23,24)25/h3-10,17-19H,2,11-12H2,1H3. The number of benzene rings is 2. The fourth-order valence-corrected chi connectivity index (χ4v) is 4.30. The summed E-state index contributed by atoms with van der Waals surface area (Å²) in [4.78, 5) is 25.5. The van der Waals surface area contributed by atoms with Crippen molar-refractivity contribution < 1.29 is 27.5 Å². The van der Waals surface area contributed by atoms with Gasteiger partial charge < -0.3 is 9.64 Å². The molecule has 4 rings (SSSR count). The Kier molecular flexibility index (Phi) is 4.84. The van der Waals surface area contributed by atoms with Crippen molar-refractivity contribution in [1.82, 2.24) is 4.90 Å². The van der Waals surface area contributed by atoms with E-state index in [-0.39, 0.29) is 36.9 Å². The molecule has 4 nitrogen and oxygen atoms in total. The van der Waals surface area contributed by atoms with E-state index >= 15 is 0 Å². The third-order valence-corrected chi connectivity index (χ3v) is 5.53. The van der Waals surface area contributed by atoms with Gasteiger partial charge in [0.2, 0.25) is 0 Å². The van der Waals surface area contributed by atoms with E-state index in [1.807, 2.05) is 30.3 Å². The monoisotopic (exact) mass is 403 g/mol. The van der Waals surface area contributed by atoms with Crippen LogP contribution in [0.25, 0.3) is 0 Å². The van der Waals surface area contributed by atoms with Crippen molar-refractivity contribution in [1.29, 1.82) is 0 Å². The minimum atomic E-state index is -4.44. The molecule has 1 fully saturated rings. The summed E-state index contributed by atoms with van der Waals surface area (Å²) in [7, 11) is 0.